The van der Waals surface area contributed by atoms with Crippen molar-refractivity contribution in [2.75, 3.05) is 20.3 Å². The van der Waals surface area contributed by atoms with Crippen molar-refractivity contribution in [3.63, 3.8) is 0 Å². The van der Waals surface area contributed by atoms with Crippen LogP contribution in [0.3, 0.4) is 0 Å². The third-order valence-corrected chi connectivity index (χ3v) is 5.36. The minimum absolute atomic E-state index is 0.298. The molecule has 1 atom stereocenters. The van der Waals surface area contributed by atoms with Crippen molar-refractivity contribution in [2.24, 2.45) is 11.3 Å². The zero-order chi connectivity index (χ0) is 13.9. The van der Waals surface area contributed by atoms with Crippen molar-refractivity contribution in [2.45, 2.75) is 70.5 Å². The van der Waals surface area contributed by atoms with Crippen molar-refractivity contribution in [1.29, 1.82) is 0 Å². The van der Waals surface area contributed by atoms with Crippen LogP contribution in [0.1, 0.15) is 58.8 Å². The summed E-state index contributed by atoms with van der Waals surface area (Å²) in [7, 11) is 1.77. The van der Waals surface area contributed by atoms with E-state index in [-0.39, 0.29) is 11.7 Å². The van der Waals surface area contributed by atoms with Crippen molar-refractivity contribution in [3.8, 4) is 0 Å². The van der Waals surface area contributed by atoms with Gasteiger partial charge < -0.3 is 14.6 Å². The van der Waals surface area contributed by atoms with Gasteiger partial charge in [-0.2, -0.15) is 0 Å². The van der Waals surface area contributed by atoms with Gasteiger partial charge in [-0.3, -0.25) is 0 Å². The van der Waals surface area contributed by atoms with E-state index in [9.17, 15) is 5.11 Å². The number of aliphatic hydroxyl groups is 1. The molecule has 0 amide bonds. The lowest BCUT2D eigenvalue weighted by Crippen LogP contribution is -2.49. The highest BCUT2D eigenvalue weighted by Crippen LogP contribution is 2.44. The maximum atomic E-state index is 10.7. The third kappa shape index (κ3) is 3.71. The minimum Gasteiger partial charge on any atom is -0.390 e. The number of hydrogen-bond acceptors (Lipinski definition) is 3. The highest BCUT2D eigenvalue weighted by Gasteiger charge is 2.44. The third-order valence-electron chi connectivity index (χ3n) is 5.36. The van der Waals surface area contributed by atoms with Gasteiger partial charge >= 0.3 is 0 Å². The summed E-state index contributed by atoms with van der Waals surface area (Å²) < 4.78 is 11.2. The average Bonchev–Trinajstić information content (AvgIpc) is 2.40. The van der Waals surface area contributed by atoms with E-state index in [4.69, 9.17) is 9.47 Å². The molecule has 0 bridgehead atoms. The molecule has 2 rings (SSSR count). The average molecular weight is 270 g/mol. The molecule has 2 aliphatic rings. The molecule has 1 aliphatic heterocycles. The maximum Gasteiger partial charge on any atom is 0.0936 e. The molecule has 19 heavy (non-hydrogen) atoms. The molecule has 2 fully saturated rings. The maximum absolute atomic E-state index is 10.7. The topological polar surface area (TPSA) is 38.7 Å². The first kappa shape index (κ1) is 15.3. The standard InChI is InChI=1S/C16H30O3/c1-15(2)6-8-16(18-3,9-7-15)14(17)12-13-4-10-19-11-5-13/h13-14,17H,4-12H2,1-3H3. The zero-order valence-corrected chi connectivity index (χ0v) is 12.8. The van der Waals surface area contributed by atoms with Gasteiger partial charge in [0.15, 0.2) is 0 Å². The largest absolute Gasteiger partial charge is 0.390 e. The summed E-state index contributed by atoms with van der Waals surface area (Å²) in [5.74, 6) is 0.603. The van der Waals surface area contributed by atoms with Crippen molar-refractivity contribution in [1.82, 2.24) is 0 Å². The van der Waals surface area contributed by atoms with Gasteiger partial charge in [0.1, 0.15) is 0 Å². The van der Waals surface area contributed by atoms with Crippen LogP contribution in [0, 0.1) is 11.3 Å². The van der Waals surface area contributed by atoms with Crippen molar-refractivity contribution < 1.29 is 14.6 Å². The van der Waals surface area contributed by atoms with Gasteiger partial charge in [0.05, 0.1) is 11.7 Å². The monoisotopic (exact) mass is 270 g/mol. The van der Waals surface area contributed by atoms with E-state index in [1.165, 1.54) is 0 Å². The Kier molecular flexibility index (Phi) is 4.91. The lowest BCUT2D eigenvalue weighted by molar-refractivity contribution is -0.144. The van der Waals surface area contributed by atoms with Crippen LogP contribution >= 0.6 is 0 Å². The summed E-state index contributed by atoms with van der Waals surface area (Å²) >= 11 is 0. The summed E-state index contributed by atoms with van der Waals surface area (Å²) in [6.45, 7) is 6.34. The summed E-state index contributed by atoms with van der Waals surface area (Å²) in [6, 6.07) is 0. The molecule has 1 unspecified atom stereocenters. The Labute approximate surface area is 117 Å². The number of methoxy groups -OCH3 is 1. The van der Waals surface area contributed by atoms with E-state index in [2.05, 4.69) is 13.8 Å². The van der Waals surface area contributed by atoms with Gasteiger partial charge in [0.2, 0.25) is 0 Å². The number of ether oxygens (including phenoxy) is 2. The molecule has 0 spiro atoms. The second-order valence-corrected chi connectivity index (χ2v) is 7.24. The molecule has 0 aromatic rings. The Morgan fingerprint density at radius 2 is 1.74 bits per heavy atom. The van der Waals surface area contributed by atoms with E-state index >= 15 is 0 Å². The van der Waals surface area contributed by atoms with Crippen LogP contribution in [0.25, 0.3) is 0 Å². The Morgan fingerprint density at radius 3 is 2.26 bits per heavy atom. The Bertz CT molecular complexity index is 272. The molecule has 1 saturated carbocycles. The second kappa shape index (κ2) is 6.11. The van der Waals surface area contributed by atoms with Crippen LogP contribution in [0.5, 0.6) is 0 Å². The van der Waals surface area contributed by atoms with Gasteiger partial charge in [0, 0.05) is 20.3 Å². The van der Waals surface area contributed by atoms with Crippen LogP contribution in [0.2, 0.25) is 0 Å². The van der Waals surface area contributed by atoms with E-state index in [0.29, 0.717) is 11.3 Å². The van der Waals surface area contributed by atoms with Crippen molar-refractivity contribution >= 4 is 0 Å². The fourth-order valence-electron chi connectivity index (χ4n) is 3.54. The van der Waals surface area contributed by atoms with Crippen LogP contribution in [0.4, 0.5) is 0 Å². The first-order valence-corrected chi connectivity index (χ1v) is 7.78. The first-order valence-electron chi connectivity index (χ1n) is 7.78. The van der Waals surface area contributed by atoms with Crippen LogP contribution in [-0.4, -0.2) is 37.1 Å². The Morgan fingerprint density at radius 1 is 1.16 bits per heavy atom. The first-order chi connectivity index (χ1) is 8.97. The predicted molar refractivity (Wildman–Crippen MR) is 76.2 cm³/mol. The molecule has 1 saturated heterocycles. The highest BCUT2D eigenvalue weighted by molar-refractivity contribution is 4.96. The lowest BCUT2D eigenvalue weighted by atomic mass is 9.68. The molecule has 0 aromatic carbocycles. The van der Waals surface area contributed by atoms with Gasteiger partial charge in [-0.1, -0.05) is 13.8 Å². The number of aliphatic hydroxyl groups excluding tert-OH is 1. The molecule has 0 radical (unpaired) electrons. The molecule has 1 heterocycles. The van der Waals surface area contributed by atoms with Crippen LogP contribution in [0.15, 0.2) is 0 Å². The molecular formula is C16H30O3. The zero-order valence-electron chi connectivity index (χ0n) is 12.8. The summed E-state index contributed by atoms with van der Waals surface area (Å²) in [6.07, 6.45) is 6.98. The molecular weight excluding hydrogens is 240 g/mol. The predicted octanol–water partition coefficient (Wildman–Crippen LogP) is 3.15. The molecule has 1 aliphatic carbocycles. The van der Waals surface area contributed by atoms with Gasteiger partial charge in [-0.05, 0) is 56.3 Å². The second-order valence-electron chi connectivity index (χ2n) is 7.24. The van der Waals surface area contributed by atoms with E-state index in [1.54, 1.807) is 7.11 Å². The van der Waals surface area contributed by atoms with Gasteiger partial charge in [-0.25, -0.2) is 0 Å². The van der Waals surface area contributed by atoms with E-state index in [0.717, 1.165) is 58.2 Å². The van der Waals surface area contributed by atoms with E-state index in [1.807, 2.05) is 0 Å². The van der Waals surface area contributed by atoms with Crippen molar-refractivity contribution in [3.05, 3.63) is 0 Å². The fourth-order valence-corrected chi connectivity index (χ4v) is 3.54. The quantitative estimate of drug-likeness (QED) is 0.853. The van der Waals surface area contributed by atoms with Crippen LogP contribution < -0.4 is 0 Å². The molecule has 3 heteroatoms. The molecule has 1 N–H and O–H groups in total. The van der Waals surface area contributed by atoms with Gasteiger partial charge in [0.25, 0.3) is 0 Å². The molecule has 3 nitrogen and oxygen atoms in total. The van der Waals surface area contributed by atoms with Crippen LogP contribution in [-0.2, 0) is 9.47 Å². The fraction of sp³-hybridized carbons (Fsp3) is 1.00. The normalized spacial score (nSPS) is 29.1. The molecule has 112 valence electrons. The summed E-state index contributed by atoms with van der Waals surface area (Å²) in [4.78, 5) is 0. The van der Waals surface area contributed by atoms with E-state index < -0.39 is 0 Å². The highest BCUT2D eigenvalue weighted by atomic mass is 16.5. The summed E-state index contributed by atoms with van der Waals surface area (Å²) in [5, 5.41) is 10.7. The smallest absolute Gasteiger partial charge is 0.0936 e. The summed E-state index contributed by atoms with van der Waals surface area (Å²) in [5.41, 5.74) is 0.105. The number of rotatable bonds is 4. The minimum atomic E-state index is -0.323. The Balaban J connectivity index is 1.92. The lowest BCUT2D eigenvalue weighted by Gasteiger charge is -2.46. The number of hydrogen-bond donors (Lipinski definition) is 1. The van der Waals surface area contributed by atoms with Gasteiger partial charge in [-0.15, -0.1) is 0 Å². The molecule has 0 aromatic heterocycles. The SMILES string of the molecule is COC1(C(O)CC2CCOCC2)CCC(C)(C)CC1. The Hall–Kier alpha value is -0.120.